The molecule has 1 saturated heterocycles. The minimum absolute atomic E-state index is 0.0828. The molecule has 0 aromatic carbocycles. The van der Waals surface area contributed by atoms with E-state index >= 15 is 0 Å². The summed E-state index contributed by atoms with van der Waals surface area (Å²) >= 11 is 0. The number of aromatic nitrogens is 2. The maximum Gasteiger partial charge on any atom is 0.314 e. The molecule has 0 radical (unpaired) electrons. The molecule has 3 rings (SSSR count). The maximum absolute atomic E-state index is 11.8. The van der Waals surface area contributed by atoms with Gasteiger partial charge in [-0.2, -0.15) is 0 Å². The van der Waals surface area contributed by atoms with E-state index in [9.17, 15) is 4.79 Å². The third-order valence-corrected chi connectivity index (χ3v) is 4.35. The number of amides is 2. The smallest absolute Gasteiger partial charge is 0.314 e. The number of hydrogen-bond donors (Lipinski definition) is 2. The number of nitrogens with one attached hydrogen (secondary N) is 2. The number of imidazole rings is 1. The number of rotatable bonds is 4. The third-order valence-electron chi connectivity index (χ3n) is 4.35. The van der Waals surface area contributed by atoms with Gasteiger partial charge in [-0.25, -0.2) is 9.78 Å². The lowest BCUT2D eigenvalue weighted by molar-refractivity contribution is 0.0184. The molecule has 21 heavy (non-hydrogen) atoms. The molecule has 2 atom stereocenters. The number of aryl methyl sites for hydroxylation is 1. The van der Waals surface area contributed by atoms with Crippen molar-refractivity contribution in [2.75, 3.05) is 19.7 Å². The summed E-state index contributed by atoms with van der Waals surface area (Å²) in [6.45, 7) is 3.10. The SMILES string of the molecule is O=C(NC[C@H]1CCc2nccn2C1)NC[C@H]1CCCCO1. The van der Waals surface area contributed by atoms with Crippen molar-refractivity contribution in [3.63, 3.8) is 0 Å². The third kappa shape index (κ3) is 3.97. The molecule has 0 unspecified atom stereocenters. The van der Waals surface area contributed by atoms with E-state index in [1.54, 1.807) is 0 Å². The van der Waals surface area contributed by atoms with Crippen molar-refractivity contribution in [1.82, 2.24) is 20.2 Å². The molecule has 2 N–H and O–H groups in total. The van der Waals surface area contributed by atoms with Crippen LogP contribution in [0.3, 0.4) is 0 Å². The van der Waals surface area contributed by atoms with Gasteiger partial charge < -0.3 is 19.9 Å². The second-order valence-electron chi connectivity index (χ2n) is 5.98. The van der Waals surface area contributed by atoms with Crippen LogP contribution in [0.2, 0.25) is 0 Å². The van der Waals surface area contributed by atoms with Gasteiger partial charge in [0.15, 0.2) is 0 Å². The Morgan fingerprint density at radius 1 is 1.33 bits per heavy atom. The molecule has 2 aliphatic rings. The molecule has 116 valence electrons. The van der Waals surface area contributed by atoms with Crippen molar-refractivity contribution in [2.24, 2.45) is 5.92 Å². The topological polar surface area (TPSA) is 68.2 Å². The number of fused-ring (bicyclic) bond motifs is 1. The summed E-state index contributed by atoms with van der Waals surface area (Å²) in [5.41, 5.74) is 0. The number of hydrogen-bond acceptors (Lipinski definition) is 3. The van der Waals surface area contributed by atoms with Crippen LogP contribution in [0, 0.1) is 5.92 Å². The fraction of sp³-hybridized carbons (Fsp3) is 0.733. The van der Waals surface area contributed by atoms with Gasteiger partial charge in [0.25, 0.3) is 0 Å². The molecule has 1 fully saturated rings. The Balaban J connectivity index is 1.34. The van der Waals surface area contributed by atoms with E-state index in [1.807, 2.05) is 12.4 Å². The van der Waals surface area contributed by atoms with E-state index < -0.39 is 0 Å². The van der Waals surface area contributed by atoms with Crippen molar-refractivity contribution < 1.29 is 9.53 Å². The van der Waals surface area contributed by atoms with Crippen LogP contribution >= 0.6 is 0 Å². The lowest BCUT2D eigenvalue weighted by Gasteiger charge is -2.25. The predicted octanol–water partition coefficient (Wildman–Crippen LogP) is 1.31. The Bertz CT molecular complexity index is 468. The first-order valence-corrected chi connectivity index (χ1v) is 7.94. The summed E-state index contributed by atoms with van der Waals surface area (Å²) in [4.78, 5) is 16.1. The summed E-state index contributed by atoms with van der Waals surface area (Å²) in [7, 11) is 0. The number of ether oxygens (including phenoxy) is 1. The highest BCUT2D eigenvalue weighted by atomic mass is 16.5. The van der Waals surface area contributed by atoms with Gasteiger partial charge in [-0.15, -0.1) is 0 Å². The first kappa shape index (κ1) is 14.4. The Morgan fingerprint density at radius 2 is 2.24 bits per heavy atom. The molecular formula is C15H24N4O2. The van der Waals surface area contributed by atoms with Gasteiger partial charge in [0, 0.05) is 45.1 Å². The van der Waals surface area contributed by atoms with Gasteiger partial charge in [0.1, 0.15) is 5.82 Å². The van der Waals surface area contributed by atoms with Gasteiger partial charge in [0.2, 0.25) is 0 Å². The van der Waals surface area contributed by atoms with Crippen LogP contribution < -0.4 is 10.6 Å². The van der Waals surface area contributed by atoms with Gasteiger partial charge in [-0.05, 0) is 31.6 Å². The summed E-state index contributed by atoms with van der Waals surface area (Å²) in [6, 6.07) is -0.0828. The Morgan fingerprint density at radius 3 is 3.10 bits per heavy atom. The van der Waals surface area contributed by atoms with Gasteiger partial charge in [-0.1, -0.05) is 0 Å². The van der Waals surface area contributed by atoms with Crippen LogP contribution in [0.1, 0.15) is 31.5 Å². The molecule has 1 aromatic rings. The molecule has 0 saturated carbocycles. The fourth-order valence-corrected chi connectivity index (χ4v) is 3.08. The Hall–Kier alpha value is -1.56. The maximum atomic E-state index is 11.8. The van der Waals surface area contributed by atoms with Crippen LogP contribution in [0.15, 0.2) is 12.4 Å². The first-order valence-electron chi connectivity index (χ1n) is 7.94. The lowest BCUT2D eigenvalue weighted by Crippen LogP contribution is -2.43. The summed E-state index contributed by atoms with van der Waals surface area (Å²) in [6.07, 6.45) is 9.52. The minimum Gasteiger partial charge on any atom is -0.376 e. The molecular weight excluding hydrogens is 268 g/mol. The monoisotopic (exact) mass is 292 g/mol. The lowest BCUT2D eigenvalue weighted by atomic mass is 9.99. The largest absolute Gasteiger partial charge is 0.376 e. The standard InChI is InChI=1S/C15H24N4O2/c20-15(18-10-13-3-1-2-8-21-13)17-9-12-4-5-14-16-6-7-19(14)11-12/h6-7,12-13H,1-5,8-11H2,(H2,17,18,20)/t12-,13-/m1/s1. The summed E-state index contributed by atoms with van der Waals surface area (Å²) in [5, 5.41) is 5.89. The second kappa shape index (κ2) is 6.93. The number of nitrogens with zero attached hydrogens (tertiary/aromatic N) is 2. The summed E-state index contributed by atoms with van der Waals surface area (Å²) < 4.78 is 7.78. The van der Waals surface area contributed by atoms with Crippen LogP contribution in [0.4, 0.5) is 4.79 Å². The second-order valence-corrected chi connectivity index (χ2v) is 5.98. The average Bonchev–Trinajstić information content (AvgIpc) is 2.99. The molecule has 2 aliphatic heterocycles. The molecule has 0 aliphatic carbocycles. The van der Waals surface area contributed by atoms with Gasteiger partial charge in [-0.3, -0.25) is 0 Å². The van der Waals surface area contributed by atoms with Crippen LogP contribution in [-0.2, 0) is 17.7 Å². The number of carbonyl (C=O) groups excluding carboxylic acids is 1. The van der Waals surface area contributed by atoms with Crippen LogP contribution in [-0.4, -0.2) is 41.4 Å². The zero-order valence-electron chi connectivity index (χ0n) is 12.4. The van der Waals surface area contributed by atoms with E-state index in [-0.39, 0.29) is 12.1 Å². The van der Waals surface area contributed by atoms with Crippen molar-refractivity contribution in [3.8, 4) is 0 Å². The van der Waals surface area contributed by atoms with Crippen molar-refractivity contribution in [1.29, 1.82) is 0 Å². The highest BCUT2D eigenvalue weighted by Crippen LogP contribution is 2.17. The van der Waals surface area contributed by atoms with E-state index in [2.05, 4.69) is 20.2 Å². The van der Waals surface area contributed by atoms with Crippen molar-refractivity contribution >= 4 is 6.03 Å². The quantitative estimate of drug-likeness (QED) is 0.879. The number of urea groups is 1. The normalized spacial score (nSPS) is 25.1. The van der Waals surface area contributed by atoms with Crippen molar-refractivity contribution in [2.45, 2.75) is 44.8 Å². The fourth-order valence-electron chi connectivity index (χ4n) is 3.08. The van der Waals surface area contributed by atoms with Crippen molar-refractivity contribution in [3.05, 3.63) is 18.2 Å². The number of carbonyl (C=O) groups is 1. The molecule has 2 amide bonds. The molecule has 6 heteroatoms. The van der Waals surface area contributed by atoms with E-state index in [1.165, 1.54) is 6.42 Å². The highest BCUT2D eigenvalue weighted by molar-refractivity contribution is 5.73. The predicted molar refractivity (Wildman–Crippen MR) is 79.0 cm³/mol. The average molecular weight is 292 g/mol. The summed E-state index contributed by atoms with van der Waals surface area (Å²) in [5.74, 6) is 1.65. The molecule has 1 aromatic heterocycles. The van der Waals surface area contributed by atoms with Gasteiger partial charge >= 0.3 is 6.03 Å². The molecule has 0 spiro atoms. The van der Waals surface area contributed by atoms with Crippen LogP contribution in [0.25, 0.3) is 0 Å². The zero-order chi connectivity index (χ0) is 14.5. The molecule has 0 bridgehead atoms. The van der Waals surface area contributed by atoms with E-state index in [0.29, 0.717) is 12.5 Å². The van der Waals surface area contributed by atoms with Gasteiger partial charge in [0.05, 0.1) is 6.10 Å². The highest BCUT2D eigenvalue weighted by Gasteiger charge is 2.19. The van der Waals surface area contributed by atoms with E-state index in [4.69, 9.17) is 4.74 Å². The Kier molecular flexibility index (Phi) is 4.75. The zero-order valence-corrected chi connectivity index (χ0v) is 12.4. The first-order chi connectivity index (χ1) is 10.3. The molecule has 3 heterocycles. The van der Waals surface area contributed by atoms with Crippen LogP contribution in [0.5, 0.6) is 0 Å². The minimum atomic E-state index is -0.0828. The van der Waals surface area contributed by atoms with E-state index in [0.717, 1.165) is 51.2 Å². The Labute approximate surface area is 125 Å². The molecule has 6 nitrogen and oxygen atoms in total.